The second kappa shape index (κ2) is 3.20. The third-order valence-electron chi connectivity index (χ3n) is 1.74. The van der Waals surface area contributed by atoms with Crippen molar-refractivity contribution in [3.8, 4) is 0 Å². The van der Waals surface area contributed by atoms with Crippen molar-refractivity contribution in [2.24, 2.45) is 0 Å². The molecule has 3 nitrogen and oxygen atoms in total. The van der Waals surface area contributed by atoms with E-state index in [0.717, 1.165) is 0 Å². The quantitative estimate of drug-likeness (QED) is 0.787. The van der Waals surface area contributed by atoms with Crippen molar-refractivity contribution in [2.45, 2.75) is 25.9 Å². The molecule has 1 aromatic rings. The molecular formula is C9H11FO3. The van der Waals surface area contributed by atoms with Gasteiger partial charge in [0.1, 0.15) is 11.5 Å². The molecule has 1 unspecified atom stereocenters. The number of rotatable bonds is 3. The second-order valence-corrected chi connectivity index (χ2v) is 3.18. The highest BCUT2D eigenvalue weighted by atomic mass is 19.1. The van der Waals surface area contributed by atoms with Gasteiger partial charge in [-0.05, 0) is 26.0 Å². The molecular weight excluding hydrogens is 175 g/mol. The maximum Gasteiger partial charge on any atom is 0.307 e. The Hall–Kier alpha value is -1.32. The van der Waals surface area contributed by atoms with Crippen molar-refractivity contribution in [1.82, 2.24) is 0 Å². The molecule has 1 heterocycles. The van der Waals surface area contributed by atoms with E-state index in [2.05, 4.69) is 0 Å². The van der Waals surface area contributed by atoms with Crippen LogP contribution in [-0.2, 0) is 10.5 Å². The van der Waals surface area contributed by atoms with Crippen molar-refractivity contribution in [3.63, 3.8) is 0 Å². The molecule has 0 aliphatic rings. The Morgan fingerprint density at radius 2 is 2.31 bits per heavy atom. The maximum absolute atomic E-state index is 13.6. The number of furan rings is 1. The molecule has 72 valence electrons. The number of halogens is 1. The van der Waals surface area contributed by atoms with Crippen LogP contribution < -0.4 is 0 Å². The van der Waals surface area contributed by atoms with Crippen LogP contribution in [-0.4, -0.2) is 11.1 Å². The van der Waals surface area contributed by atoms with E-state index in [1.165, 1.54) is 13.0 Å². The number of carboxylic acid groups (broad SMARTS) is 1. The number of carbonyl (C=O) groups is 1. The summed E-state index contributed by atoms with van der Waals surface area (Å²) in [5.41, 5.74) is -1.93. The summed E-state index contributed by atoms with van der Waals surface area (Å²) in [7, 11) is 0. The van der Waals surface area contributed by atoms with E-state index in [1.54, 1.807) is 13.0 Å². The van der Waals surface area contributed by atoms with Gasteiger partial charge in [-0.2, -0.15) is 0 Å². The lowest BCUT2D eigenvalue weighted by atomic mass is 10.0. The van der Waals surface area contributed by atoms with Crippen molar-refractivity contribution in [2.75, 3.05) is 0 Å². The fourth-order valence-electron chi connectivity index (χ4n) is 1.09. The highest BCUT2D eigenvalue weighted by molar-refractivity contribution is 5.68. The van der Waals surface area contributed by atoms with E-state index in [4.69, 9.17) is 9.52 Å². The Morgan fingerprint density at radius 3 is 2.69 bits per heavy atom. The highest BCUT2D eigenvalue weighted by Gasteiger charge is 2.32. The number of aryl methyl sites for hydroxylation is 1. The predicted molar refractivity (Wildman–Crippen MR) is 44.2 cm³/mol. The minimum atomic E-state index is -1.93. The van der Waals surface area contributed by atoms with Gasteiger partial charge in [0.05, 0.1) is 6.42 Å². The van der Waals surface area contributed by atoms with Gasteiger partial charge >= 0.3 is 5.97 Å². The van der Waals surface area contributed by atoms with E-state index in [9.17, 15) is 9.18 Å². The van der Waals surface area contributed by atoms with Crippen LogP contribution in [0, 0.1) is 6.92 Å². The normalized spacial score (nSPS) is 15.3. The Labute approximate surface area is 75.2 Å². The van der Waals surface area contributed by atoms with Gasteiger partial charge in [-0.3, -0.25) is 4.79 Å². The molecule has 0 bridgehead atoms. The van der Waals surface area contributed by atoms with Gasteiger partial charge in [0, 0.05) is 0 Å². The molecule has 0 aliphatic heterocycles. The zero-order valence-electron chi connectivity index (χ0n) is 7.50. The van der Waals surface area contributed by atoms with E-state index < -0.39 is 18.1 Å². The van der Waals surface area contributed by atoms with Gasteiger partial charge < -0.3 is 9.52 Å². The smallest absolute Gasteiger partial charge is 0.307 e. The lowest BCUT2D eigenvalue weighted by Crippen LogP contribution is -2.19. The molecule has 13 heavy (non-hydrogen) atoms. The topological polar surface area (TPSA) is 50.4 Å². The van der Waals surface area contributed by atoms with Crippen molar-refractivity contribution in [1.29, 1.82) is 0 Å². The maximum atomic E-state index is 13.6. The molecule has 1 N–H and O–H groups in total. The number of hydrogen-bond acceptors (Lipinski definition) is 2. The first kappa shape index (κ1) is 9.77. The summed E-state index contributed by atoms with van der Waals surface area (Å²) in [5, 5.41) is 8.44. The van der Waals surface area contributed by atoms with Crippen LogP contribution in [0.25, 0.3) is 0 Å². The van der Waals surface area contributed by atoms with E-state index in [-0.39, 0.29) is 5.76 Å². The fourth-order valence-corrected chi connectivity index (χ4v) is 1.09. The fraction of sp³-hybridized carbons (Fsp3) is 0.444. The molecule has 0 fully saturated rings. The van der Waals surface area contributed by atoms with E-state index >= 15 is 0 Å². The van der Waals surface area contributed by atoms with Crippen LogP contribution in [0.4, 0.5) is 4.39 Å². The summed E-state index contributed by atoms with van der Waals surface area (Å²) in [4.78, 5) is 10.3. The van der Waals surface area contributed by atoms with Crippen LogP contribution in [0.5, 0.6) is 0 Å². The molecule has 0 radical (unpaired) electrons. The Bertz CT molecular complexity index is 314. The van der Waals surface area contributed by atoms with Crippen molar-refractivity contribution < 1.29 is 18.7 Å². The van der Waals surface area contributed by atoms with Crippen LogP contribution in [0.2, 0.25) is 0 Å². The standard InChI is InChI=1S/C9H11FO3/c1-6-3-4-7(13-6)9(2,10)5-8(11)12/h3-4H,5H2,1-2H3,(H,11,12). The first-order valence-corrected chi connectivity index (χ1v) is 3.89. The molecule has 0 aromatic carbocycles. The van der Waals surface area contributed by atoms with Crippen molar-refractivity contribution in [3.05, 3.63) is 23.7 Å². The molecule has 0 spiro atoms. The molecule has 0 saturated carbocycles. The van der Waals surface area contributed by atoms with Gasteiger partial charge in [0.25, 0.3) is 0 Å². The zero-order chi connectivity index (χ0) is 10.1. The molecule has 1 rings (SSSR count). The summed E-state index contributed by atoms with van der Waals surface area (Å²) in [6, 6.07) is 3.06. The molecule has 0 aliphatic carbocycles. The first-order chi connectivity index (χ1) is 5.92. The molecule has 4 heteroatoms. The summed E-state index contributed by atoms with van der Waals surface area (Å²) < 4.78 is 18.6. The third kappa shape index (κ3) is 2.31. The Balaban J connectivity index is 2.86. The molecule has 1 aromatic heterocycles. The summed E-state index contributed by atoms with van der Waals surface area (Å²) in [6.45, 7) is 2.87. The number of carboxylic acids is 1. The summed E-state index contributed by atoms with van der Waals surface area (Å²) in [5.74, 6) is -0.546. The number of hydrogen-bond donors (Lipinski definition) is 1. The van der Waals surface area contributed by atoms with Gasteiger partial charge in [0.2, 0.25) is 0 Å². The molecule has 0 saturated heterocycles. The SMILES string of the molecule is Cc1ccc(C(C)(F)CC(=O)O)o1. The lowest BCUT2D eigenvalue weighted by molar-refractivity contribution is -0.140. The average molecular weight is 186 g/mol. The van der Waals surface area contributed by atoms with Gasteiger partial charge in [-0.1, -0.05) is 0 Å². The highest BCUT2D eigenvalue weighted by Crippen LogP contribution is 2.30. The minimum Gasteiger partial charge on any atom is -0.481 e. The summed E-state index contributed by atoms with van der Waals surface area (Å²) >= 11 is 0. The summed E-state index contributed by atoms with van der Waals surface area (Å²) in [6.07, 6.45) is -0.583. The van der Waals surface area contributed by atoms with Gasteiger partial charge in [0.15, 0.2) is 5.67 Å². The first-order valence-electron chi connectivity index (χ1n) is 3.89. The van der Waals surface area contributed by atoms with E-state index in [1.807, 2.05) is 0 Å². The Kier molecular flexibility index (Phi) is 2.40. The van der Waals surface area contributed by atoms with Crippen LogP contribution in [0.3, 0.4) is 0 Å². The molecule has 1 atom stereocenters. The van der Waals surface area contributed by atoms with Crippen LogP contribution in [0.15, 0.2) is 16.5 Å². The molecule has 0 amide bonds. The third-order valence-corrected chi connectivity index (χ3v) is 1.74. The minimum absolute atomic E-state index is 0.0624. The van der Waals surface area contributed by atoms with Crippen LogP contribution in [0.1, 0.15) is 24.9 Å². The van der Waals surface area contributed by atoms with E-state index in [0.29, 0.717) is 5.76 Å². The zero-order valence-corrected chi connectivity index (χ0v) is 7.50. The van der Waals surface area contributed by atoms with Gasteiger partial charge in [-0.25, -0.2) is 4.39 Å². The monoisotopic (exact) mass is 186 g/mol. The number of aliphatic carboxylic acids is 1. The lowest BCUT2D eigenvalue weighted by Gasteiger charge is -2.14. The average Bonchev–Trinajstić information content (AvgIpc) is 2.32. The Morgan fingerprint density at radius 1 is 1.69 bits per heavy atom. The van der Waals surface area contributed by atoms with Crippen LogP contribution >= 0.6 is 0 Å². The van der Waals surface area contributed by atoms with Gasteiger partial charge in [-0.15, -0.1) is 0 Å². The number of alkyl halides is 1. The van der Waals surface area contributed by atoms with Crippen molar-refractivity contribution >= 4 is 5.97 Å². The predicted octanol–water partition coefficient (Wildman–Crippen LogP) is 2.25. The largest absolute Gasteiger partial charge is 0.481 e. The second-order valence-electron chi connectivity index (χ2n) is 3.18.